The molecule has 22 heavy (non-hydrogen) atoms. The molecule has 1 fully saturated rings. The van der Waals surface area contributed by atoms with E-state index in [-0.39, 0.29) is 0 Å². The number of aryl methyl sites for hydroxylation is 1. The first kappa shape index (κ1) is 15.1. The minimum Gasteiger partial charge on any atom is -0.372 e. The fraction of sp³-hybridized carbons (Fsp3) is 0.400. The zero-order chi connectivity index (χ0) is 15.4. The third-order valence-electron chi connectivity index (χ3n) is 4.65. The van der Waals surface area contributed by atoms with Gasteiger partial charge in [0.2, 0.25) is 0 Å². The molecular weight excluding hydrogens is 268 g/mol. The van der Waals surface area contributed by atoms with Crippen molar-refractivity contribution in [2.75, 3.05) is 12.0 Å². The van der Waals surface area contributed by atoms with Gasteiger partial charge >= 0.3 is 0 Å². The molecule has 1 unspecified atom stereocenters. The molecule has 1 N–H and O–H groups in total. The van der Waals surface area contributed by atoms with Crippen LogP contribution in [0.4, 0.5) is 5.69 Å². The van der Waals surface area contributed by atoms with Gasteiger partial charge in [-0.15, -0.1) is 0 Å². The van der Waals surface area contributed by atoms with Gasteiger partial charge in [-0.2, -0.15) is 0 Å². The summed E-state index contributed by atoms with van der Waals surface area (Å²) >= 11 is 0. The smallest absolute Gasteiger partial charge is 0.0683 e. The Kier molecular flexibility index (Phi) is 4.79. The van der Waals surface area contributed by atoms with Crippen LogP contribution in [0.25, 0.3) is 0 Å². The number of nitrogens with zero attached hydrogens (tertiary/aromatic N) is 1. The Hall–Kier alpha value is -1.80. The molecule has 2 heteroatoms. The second-order valence-electron chi connectivity index (χ2n) is 6.51. The molecule has 0 aromatic heterocycles. The van der Waals surface area contributed by atoms with Crippen LogP contribution >= 0.6 is 0 Å². The summed E-state index contributed by atoms with van der Waals surface area (Å²) < 4.78 is 0. The first-order chi connectivity index (χ1) is 10.7. The Bertz CT molecular complexity index is 572. The van der Waals surface area contributed by atoms with E-state index >= 15 is 0 Å². The largest absolute Gasteiger partial charge is 0.372 e. The van der Waals surface area contributed by atoms with Gasteiger partial charge in [0.15, 0.2) is 0 Å². The van der Waals surface area contributed by atoms with Crippen molar-refractivity contribution in [1.29, 1.82) is 0 Å². The molecule has 116 valence electrons. The van der Waals surface area contributed by atoms with Crippen LogP contribution < -0.4 is 5.32 Å². The highest BCUT2D eigenvalue weighted by Gasteiger charge is 2.31. The summed E-state index contributed by atoms with van der Waals surface area (Å²) in [5.74, 6) is 0.878. The van der Waals surface area contributed by atoms with Crippen molar-refractivity contribution in [3.05, 3.63) is 65.7 Å². The fourth-order valence-electron chi connectivity index (χ4n) is 2.90. The Balaban J connectivity index is 1.64. The first-order valence-electron chi connectivity index (χ1n) is 8.31. The normalized spacial score (nSPS) is 15.8. The molecule has 0 saturated heterocycles. The van der Waals surface area contributed by atoms with E-state index in [2.05, 4.69) is 78.7 Å². The summed E-state index contributed by atoms with van der Waals surface area (Å²) in [6.45, 7) is 6.41. The van der Waals surface area contributed by atoms with Gasteiger partial charge in [0, 0.05) is 18.3 Å². The molecule has 1 saturated carbocycles. The van der Waals surface area contributed by atoms with Crippen LogP contribution in [0.15, 0.2) is 54.6 Å². The van der Waals surface area contributed by atoms with E-state index in [0.717, 1.165) is 19.1 Å². The highest BCUT2D eigenvalue weighted by Crippen LogP contribution is 2.35. The second kappa shape index (κ2) is 6.97. The Morgan fingerprint density at radius 3 is 2.36 bits per heavy atom. The van der Waals surface area contributed by atoms with Gasteiger partial charge in [0.05, 0.1) is 6.67 Å². The van der Waals surface area contributed by atoms with Gasteiger partial charge in [0.1, 0.15) is 0 Å². The summed E-state index contributed by atoms with van der Waals surface area (Å²) in [6.07, 6.45) is 2.77. The predicted molar refractivity (Wildman–Crippen MR) is 93.8 cm³/mol. The van der Waals surface area contributed by atoms with Crippen molar-refractivity contribution in [2.24, 2.45) is 5.92 Å². The van der Waals surface area contributed by atoms with Crippen molar-refractivity contribution < 1.29 is 0 Å². The van der Waals surface area contributed by atoms with E-state index in [4.69, 9.17) is 0 Å². The predicted octanol–water partition coefficient (Wildman–Crippen LogP) is 4.67. The molecule has 0 radical (unpaired) electrons. The monoisotopic (exact) mass is 294 g/mol. The van der Waals surface area contributed by atoms with Crippen LogP contribution in [0.3, 0.4) is 0 Å². The van der Waals surface area contributed by atoms with Crippen molar-refractivity contribution >= 4 is 5.69 Å². The molecule has 3 rings (SSSR count). The summed E-state index contributed by atoms with van der Waals surface area (Å²) in [4.78, 5) is 2.56. The Morgan fingerprint density at radius 2 is 1.73 bits per heavy atom. The zero-order valence-corrected chi connectivity index (χ0v) is 13.6. The van der Waals surface area contributed by atoms with E-state index in [1.807, 2.05) is 0 Å². The summed E-state index contributed by atoms with van der Waals surface area (Å²) in [6, 6.07) is 20.1. The lowest BCUT2D eigenvalue weighted by molar-refractivity contribution is 0.194. The third-order valence-corrected chi connectivity index (χ3v) is 4.65. The lowest BCUT2D eigenvalue weighted by atomic mass is 10.1. The molecule has 2 nitrogen and oxygen atoms in total. The van der Waals surface area contributed by atoms with Crippen LogP contribution in [0.5, 0.6) is 0 Å². The number of anilines is 1. The maximum absolute atomic E-state index is 3.58. The number of nitrogens with one attached hydrogen (secondary N) is 1. The van der Waals surface area contributed by atoms with E-state index < -0.39 is 0 Å². The summed E-state index contributed by atoms with van der Waals surface area (Å²) in [5.41, 5.74) is 3.89. The first-order valence-corrected chi connectivity index (χ1v) is 8.31. The van der Waals surface area contributed by atoms with Gasteiger partial charge in [0.25, 0.3) is 0 Å². The zero-order valence-electron chi connectivity index (χ0n) is 13.6. The SMILES string of the molecule is Cc1ccc(NCN(Cc2ccccc2)C(C)C2CC2)cc1. The molecule has 1 aliphatic rings. The van der Waals surface area contributed by atoms with Crippen LogP contribution in [0.2, 0.25) is 0 Å². The molecule has 1 atom stereocenters. The summed E-state index contributed by atoms with van der Waals surface area (Å²) in [5, 5.41) is 3.58. The van der Waals surface area contributed by atoms with E-state index in [1.165, 1.54) is 29.7 Å². The maximum atomic E-state index is 3.58. The van der Waals surface area contributed by atoms with Crippen molar-refractivity contribution in [2.45, 2.75) is 39.3 Å². The molecule has 0 bridgehead atoms. The molecule has 2 aromatic rings. The molecular formula is C20H26N2. The average Bonchev–Trinajstić information content (AvgIpc) is 3.38. The molecule has 0 heterocycles. The molecule has 1 aliphatic carbocycles. The third kappa shape index (κ3) is 4.11. The minimum absolute atomic E-state index is 0.637. The minimum atomic E-state index is 0.637. The maximum Gasteiger partial charge on any atom is 0.0683 e. The van der Waals surface area contributed by atoms with Gasteiger partial charge in [-0.3, -0.25) is 4.90 Å². The van der Waals surface area contributed by atoms with Crippen LogP contribution in [0, 0.1) is 12.8 Å². The van der Waals surface area contributed by atoms with Crippen LogP contribution in [-0.4, -0.2) is 17.6 Å². The number of rotatable bonds is 7. The highest BCUT2D eigenvalue weighted by atomic mass is 15.2. The van der Waals surface area contributed by atoms with Crippen molar-refractivity contribution in [3.8, 4) is 0 Å². The van der Waals surface area contributed by atoms with Crippen molar-refractivity contribution in [3.63, 3.8) is 0 Å². The lowest BCUT2D eigenvalue weighted by Crippen LogP contribution is -2.38. The quantitative estimate of drug-likeness (QED) is 0.747. The molecule has 0 spiro atoms. The Morgan fingerprint density at radius 1 is 1.05 bits per heavy atom. The topological polar surface area (TPSA) is 15.3 Å². The average molecular weight is 294 g/mol. The van der Waals surface area contributed by atoms with Gasteiger partial charge in [-0.05, 0) is 50.3 Å². The number of hydrogen-bond acceptors (Lipinski definition) is 2. The van der Waals surface area contributed by atoms with Gasteiger partial charge in [-0.1, -0.05) is 48.0 Å². The lowest BCUT2D eigenvalue weighted by Gasteiger charge is -2.30. The molecule has 0 aliphatic heterocycles. The van der Waals surface area contributed by atoms with Crippen molar-refractivity contribution in [1.82, 2.24) is 4.90 Å². The van der Waals surface area contributed by atoms with E-state index in [1.54, 1.807) is 0 Å². The standard InChI is InChI=1S/C20H26N2/c1-16-8-12-20(13-9-16)21-15-22(17(2)19-10-11-19)14-18-6-4-3-5-7-18/h3-9,12-13,17,19,21H,10-11,14-15H2,1-2H3. The highest BCUT2D eigenvalue weighted by molar-refractivity contribution is 5.44. The molecule has 2 aromatic carbocycles. The molecule has 0 amide bonds. The van der Waals surface area contributed by atoms with Crippen LogP contribution in [0.1, 0.15) is 30.9 Å². The van der Waals surface area contributed by atoms with E-state index in [0.29, 0.717) is 6.04 Å². The number of hydrogen-bond donors (Lipinski definition) is 1. The second-order valence-corrected chi connectivity index (χ2v) is 6.51. The Labute approximate surface area is 134 Å². The van der Waals surface area contributed by atoms with Crippen LogP contribution in [-0.2, 0) is 6.54 Å². The van der Waals surface area contributed by atoms with E-state index in [9.17, 15) is 0 Å². The van der Waals surface area contributed by atoms with Gasteiger partial charge < -0.3 is 5.32 Å². The summed E-state index contributed by atoms with van der Waals surface area (Å²) in [7, 11) is 0. The van der Waals surface area contributed by atoms with Gasteiger partial charge in [-0.25, -0.2) is 0 Å². The number of benzene rings is 2. The fourth-order valence-corrected chi connectivity index (χ4v) is 2.90.